The lowest BCUT2D eigenvalue weighted by Gasteiger charge is -2.07. The maximum absolute atomic E-state index is 13.1. The summed E-state index contributed by atoms with van der Waals surface area (Å²) in [4.78, 5) is 11.1. The van der Waals surface area contributed by atoms with Crippen LogP contribution in [0.5, 0.6) is 5.75 Å². The number of rotatable bonds is 5. The predicted octanol–water partition coefficient (Wildman–Crippen LogP) is 0.303. The molecule has 0 atom stereocenters. The Kier molecular flexibility index (Phi) is 4.91. The van der Waals surface area contributed by atoms with E-state index in [1.807, 2.05) is 0 Å². The van der Waals surface area contributed by atoms with Gasteiger partial charge in [0.05, 0.1) is 6.07 Å². The predicted molar refractivity (Wildman–Crippen MR) is 58.4 cm³/mol. The van der Waals surface area contributed by atoms with E-state index in [1.54, 1.807) is 12.1 Å². The molecule has 1 rings (SSSR count). The van der Waals surface area contributed by atoms with Gasteiger partial charge in [-0.15, -0.1) is 0 Å². The Bertz CT molecular complexity index is 443. The van der Waals surface area contributed by atoms with Crippen molar-refractivity contribution in [2.75, 3.05) is 13.2 Å². The summed E-state index contributed by atoms with van der Waals surface area (Å²) in [6.45, 7) is -0.163. The van der Waals surface area contributed by atoms with E-state index in [-0.39, 0.29) is 25.4 Å². The number of hydrogen-bond acceptors (Lipinski definition) is 4. The van der Waals surface area contributed by atoms with E-state index < -0.39 is 11.7 Å². The number of carbonyl (C=O) groups is 1. The van der Waals surface area contributed by atoms with Crippen molar-refractivity contribution >= 4 is 5.91 Å². The smallest absolute Gasteiger partial charge is 0.258 e. The summed E-state index contributed by atoms with van der Waals surface area (Å²) >= 11 is 0. The van der Waals surface area contributed by atoms with E-state index in [0.717, 1.165) is 6.07 Å². The van der Waals surface area contributed by atoms with Gasteiger partial charge in [-0.25, -0.2) is 4.39 Å². The van der Waals surface area contributed by atoms with Crippen LogP contribution < -0.4 is 15.8 Å². The molecule has 5 nitrogen and oxygen atoms in total. The third kappa shape index (κ3) is 4.49. The normalized spacial score (nSPS) is 9.47. The third-order valence-corrected chi connectivity index (χ3v) is 1.90. The molecule has 0 bridgehead atoms. The van der Waals surface area contributed by atoms with Crippen molar-refractivity contribution in [3.05, 3.63) is 29.6 Å². The average molecular weight is 237 g/mol. The molecular weight excluding hydrogens is 225 g/mol. The highest BCUT2D eigenvalue weighted by Gasteiger charge is 2.04. The summed E-state index contributed by atoms with van der Waals surface area (Å²) in [6, 6.07) is 5.77. The fourth-order valence-electron chi connectivity index (χ4n) is 1.16. The topological polar surface area (TPSA) is 88.1 Å². The minimum absolute atomic E-state index is 0.0839. The lowest BCUT2D eigenvalue weighted by Crippen LogP contribution is -2.29. The number of ether oxygens (including phenoxy) is 1. The molecule has 90 valence electrons. The van der Waals surface area contributed by atoms with Crippen LogP contribution in [0.25, 0.3) is 0 Å². The van der Waals surface area contributed by atoms with Crippen molar-refractivity contribution in [2.24, 2.45) is 5.73 Å². The average Bonchev–Trinajstić information content (AvgIpc) is 2.33. The zero-order valence-electron chi connectivity index (χ0n) is 9.07. The highest BCUT2D eigenvalue weighted by Crippen LogP contribution is 2.15. The molecule has 0 saturated carbocycles. The Morgan fingerprint density at radius 2 is 2.29 bits per heavy atom. The second kappa shape index (κ2) is 6.45. The first-order valence-corrected chi connectivity index (χ1v) is 4.91. The summed E-state index contributed by atoms with van der Waals surface area (Å²) in [5.41, 5.74) is 5.95. The van der Waals surface area contributed by atoms with Gasteiger partial charge in [0.1, 0.15) is 18.1 Å². The van der Waals surface area contributed by atoms with Crippen LogP contribution in [0, 0.1) is 17.1 Å². The van der Waals surface area contributed by atoms with Crippen LogP contribution in [-0.2, 0) is 11.3 Å². The van der Waals surface area contributed by atoms with Crippen molar-refractivity contribution in [3.8, 4) is 11.8 Å². The standard InChI is InChI=1S/C11H12FN3O2/c12-9-3-8(6-14)4-10(5-9)17-7-11(16)15-2-1-13/h3-5H,2,6-7,14H2,(H,15,16). The van der Waals surface area contributed by atoms with E-state index in [9.17, 15) is 9.18 Å². The van der Waals surface area contributed by atoms with E-state index in [2.05, 4.69) is 5.32 Å². The summed E-state index contributed by atoms with van der Waals surface area (Å²) in [5.74, 6) is -0.678. The van der Waals surface area contributed by atoms with E-state index >= 15 is 0 Å². The van der Waals surface area contributed by atoms with Crippen molar-refractivity contribution in [1.82, 2.24) is 5.32 Å². The molecule has 0 saturated heterocycles. The second-order valence-corrected chi connectivity index (χ2v) is 3.22. The molecule has 1 aromatic carbocycles. The molecule has 17 heavy (non-hydrogen) atoms. The number of nitriles is 1. The summed E-state index contributed by atoms with van der Waals surface area (Å²) in [7, 11) is 0. The van der Waals surface area contributed by atoms with Crippen molar-refractivity contribution in [2.45, 2.75) is 6.54 Å². The number of nitrogens with two attached hydrogens (primary N) is 1. The monoisotopic (exact) mass is 237 g/mol. The van der Waals surface area contributed by atoms with Gasteiger partial charge in [0.15, 0.2) is 6.61 Å². The van der Waals surface area contributed by atoms with Crippen molar-refractivity contribution in [1.29, 1.82) is 5.26 Å². The molecule has 0 fully saturated rings. The fraction of sp³-hybridized carbons (Fsp3) is 0.273. The number of amides is 1. The highest BCUT2D eigenvalue weighted by molar-refractivity contribution is 5.77. The van der Waals surface area contributed by atoms with Crippen LogP contribution in [0.15, 0.2) is 18.2 Å². The van der Waals surface area contributed by atoms with Gasteiger partial charge in [0.2, 0.25) is 0 Å². The van der Waals surface area contributed by atoms with Gasteiger partial charge >= 0.3 is 0 Å². The van der Waals surface area contributed by atoms with Crippen LogP contribution in [-0.4, -0.2) is 19.1 Å². The minimum Gasteiger partial charge on any atom is -0.484 e. The molecule has 1 amide bonds. The van der Waals surface area contributed by atoms with Crippen LogP contribution in [0.2, 0.25) is 0 Å². The van der Waals surface area contributed by atoms with Gasteiger partial charge in [-0.1, -0.05) is 0 Å². The van der Waals surface area contributed by atoms with Crippen LogP contribution in [0.3, 0.4) is 0 Å². The molecule has 0 heterocycles. The highest BCUT2D eigenvalue weighted by atomic mass is 19.1. The minimum atomic E-state index is -0.472. The Morgan fingerprint density at radius 3 is 2.94 bits per heavy atom. The lowest BCUT2D eigenvalue weighted by molar-refractivity contribution is -0.122. The first kappa shape index (κ1) is 12.9. The Hall–Kier alpha value is -2.13. The van der Waals surface area contributed by atoms with Crippen LogP contribution in [0.4, 0.5) is 4.39 Å². The first-order valence-electron chi connectivity index (χ1n) is 4.91. The van der Waals surface area contributed by atoms with Gasteiger partial charge in [-0.3, -0.25) is 4.79 Å². The molecule has 0 aliphatic heterocycles. The molecule has 0 aromatic heterocycles. The Labute approximate surface area is 98.0 Å². The van der Waals surface area contributed by atoms with Gasteiger partial charge in [0.25, 0.3) is 5.91 Å². The number of nitrogens with one attached hydrogen (secondary N) is 1. The number of halogens is 1. The lowest BCUT2D eigenvalue weighted by atomic mass is 10.2. The number of benzene rings is 1. The van der Waals surface area contributed by atoms with Crippen molar-refractivity contribution in [3.63, 3.8) is 0 Å². The SMILES string of the molecule is N#CCNC(=O)COc1cc(F)cc(CN)c1. The molecule has 0 aliphatic rings. The molecule has 0 unspecified atom stereocenters. The Balaban J connectivity index is 2.54. The fourth-order valence-corrected chi connectivity index (χ4v) is 1.16. The molecule has 6 heteroatoms. The molecular formula is C11H12FN3O2. The van der Waals surface area contributed by atoms with E-state index in [4.69, 9.17) is 15.7 Å². The summed E-state index contributed by atoms with van der Waals surface area (Å²) in [6.07, 6.45) is 0. The first-order chi connectivity index (χ1) is 8.15. The van der Waals surface area contributed by atoms with Crippen LogP contribution >= 0.6 is 0 Å². The molecule has 0 spiro atoms. The summed E-state index contributed by atoms with van der Waals surface area (Å²) < 4.78 is 18.1. The molecule has 0 aliphatic carbocycles. The molecule has 3 N–H and O–H groups in total. The third-order valence-electron chi connectivity index (χ3n) is 1.90. The van der Waals surface area contributed by atoms with E-state index in [1.165, 1.54) is 6.07 Å². The van der Waals surface area contributed by atoms with E-state index in [0.29, 0.717) is 5.56 Å². The quantitative estimate of drug-likeness (QED) is 0.721. The van der Waals surface area contributed by atoms with Crippen molar-refractivity contribution < 1.29 is 13.9 Å². The summed E-state index contributed by atoms with van der Waals surface area (Å²) in [5, 5.41) is 10.5. The second-order valence-electron chi connectivity index (χ2n) is 3.22. The zero-order chi connectivity index (χ0) is 12.7. The van der Waals surface area contributed by atoms with Gasteiger partial charge in [-0.2, -0.15) is 5.26 Å². The Morgan fingerprint density at radius 1 is 1.53 bits per heavy atom. The molecule has 1 aromatic rings. The number of nitrogens with zero attached hydrogens (tertiary/aromatic N) is 1. The maximum Gasteiger partial charge on any atom is 0.258 e. The number of carbonyl (C=O) groups excluding carboxylic acids is 1. The molecule has 0 radical (unpaired) electrons. The zero-order valence-corrected chi connectivity index (χ0v) is 9.07. The van der Waals surface area contributed by atoms with Gasteiger partial charge < -0.3 is 15.8 Å². The van der Waals surface area contributed by atoms with Crippen LogP contribution in [0.1, 0.15) is 5.56 Å². The largest absolute Gasteiger partial charge is 0.484 e. The van der Waals surface area contributed by atoms with Gasteiger partial charge in [0, 0.05) is 12.6 Å². The van der Waals surface area contributed by atoms with Gasteiger partial charge in [-0.05, 0) is 17.7 Å². The number of hydrogen-bond donors (Lipinski definition) is 2. The maximum atomic E-state index is 13.1.